The van der Waals surface area contributed by atoms with Crippen molar-refractivity contribution in [3.63, 3.8) is 0 Å². The van der Waals surface area contributed by atoms with E-state index in [0.29, 0.717) is 6.54 Å². The van der Waals surface area contributed by atoms with Gasteiger partial charge >= 0.3 is 0 Å². The lowest BCUT2D eigenvalue weighted by molar-refractivity contribution is -0.276. The van der Waals surface area contributed by atoms with Crippen LogP contribution in [0.15, 0.2) is 48.5 Å². The topological polar surface area (TPSA) is 71.0 Å². The fourth-order valence-electron chi connectivity index (χ4n) is 4.74. The number of benzene rings is 2. The van der Waals surface area contributed by atoms with Crippen molar-refractivity contribution in [2.45, 2.75) is 64.8 Å². The Morgan fingerprint density at radius 3 is 2.24 bits per heavy atom. The highest BCUT2D eigenvalue weighted by Crippen LogP contribution is 2.42. The number of carbonyl (C=O) groups is 1. The summed E-state index contributed by atoms with van der Waals surface area (Å²) in [5, 5.41) is 12.2. The molecule has 2 saturated heterocycles. The second-order valence-electron chi connectivity index (χ2n) is 9.33. The van der Waals surface area contributed by atoms with Crippen LogP contribution in [0.25, 0.3) is 0 Å². The van der Waals surface area contributed by atoms with Crippen molar-refractivity contribution in [2.75, 3.05) is 19.6 Å². The van der Waals surface area contributed by atoms with Crippen LogP contribution in [0.3, 0.4) is 0 Å². The van der Waals surface area contributed by atoms with Gasteiger partial charge in [0.05, 0.1) is 18.8 Å². The number of hydrogen-bond acceptors (Lipinski definition) is 5. The van der Waals surface area contributed by atoms with Crippen molar-refractivity contribution in [3.8, 4) is 0 Å². The highest BCUT2D eigenvalue weighted by atomic mass is 16.7. The first-order chi connectivity index (χ1) is 16.0. The molecule has 0 spiro atoms. The molecule has 4 rings (SSSR count). The van der Waals surface area contributed by atoms with Crippen LogP contribution in [0.5, 0.6) is 0 Å². The summed E-state index contributed by atoms with van der Waals surface area (Å²) in [5.41, 5.74) is 4.03. The maximum atomic E-state index is 11.2. The molecule has 1 amide bonds. The van der Waals surface area contributed by atoms with E-state index in [0.717, 1.165) is 41.9 Å². The molecule has 33 heavy (non-hydrogen) atoms. The Hall–Kier alpha value is -2.25. The summed E-state index contributed by atoms with van der Waals surface area (Å²) in [6.07, 6.45) is 3.33. The standard InChI is InChI=1S/C27H36N2O4/c1-19-25(17-29-14-4-3-5-15-29)32-27(24-12-6-21(7-13-24)16-28-20(2)31)33-26(19)23-10-8-22(18-30)9-11-23/h6-13,19,25-27,30H,3-5,14-18H2,1-2H3,(H,28,31)/t19-,25+,26+,27+/m0/s1. The Balaban J connectivity index is 1.54. The minimum Gasteiger partial charge on any atom is -0.392 e. The number of amides is 1. The monoisotopic (exact) mass is 452 g/mol. The Morgan fingerprint density at radius 1 is 0.970 bits per heavy atom. The number of piperidine rings is 1. The van der Waals surface area contributed by atoms with Gasteiger partial charge in [0.1, 0.15) is 0 Å². The Kier molecular flexibility index (Phi) is 8.15. The molecule has 178 valence electrons. The second kappa shape index (κ2) is 11.3. The lowest BCUT2D eigenvalue weighted by Crippen LogP contribution is -2.45. The Morgan fingerprint density at radius 2 is 1.61 bits per heavy atom. The summed E-state index contributed by atoms with van der Waals surface area (Å²) in [7, 11) is 0. The molecule has 2 heterocycles. The van der Waals surface area contributed by atoms with Crippen molar-refractivity contribution in [1.29, 1.82) is 0 Å². The molecule has 6 nitrogen and oxygen atoms in total. The van der Waals surface area contributed by atoms with Gasteiger partial charge in [-0.1, -0.05) is 61.9 Å². The number of aliphatic hydroxyl groups excluding tert-OH is 1. The third-order valence-corrected chi connectivity index (χ3v) is 6.80. The van der Waals surface area contributed by atoms with Gasteiger partial charge in [-0.2, -0.15) is 0 Å². The molecular formula is C27H36N2O4. The van der Waals surface area contributed by atoms with Crippen LogP contribution >= 0.6 is 0 Å². The Labute approximate surface area is 196 Å². The molecule has 0 aromatic heterocycles. The third-order valence-electron chi connectivity index (χ3n) is 6.80. The van der Waals surface area contributed by atoms with Crippen LogP contribution in [0, 0.1) is 5.92 Å². The highest BCUT2D eigenvalue weighted by Gasteiger charge is 2.39. The van der Waals surface area contributed by atoms with Crippen LogP contribution in [-0.4, -0.2) is 41.7 Å². The lowest BCUT2D eigenvalue weighted by atomic mass is 9.89. The molecule has 2 aromatic carbocycles. The first kappa shape index (κ1) is 23.9. The SMILES string of the molecule is CC(=O)NCc1ccc([C@@H]2O[C@H](CN3CCCCC3)[C@H](C)[C@H](c3ccc(CO)cc3)O2)cc1. The molecule has 6 heteroatoms. The number of nitrogens with one attached hydrogen (secondary N) is 1. The van der Waals surface area contributed by atoms with E-state index in [4.69, 9.17) is 9.47 Å². The number of hydrogen-bond donors (Lipinski definition) is 2. The van der Waals surface area contributed by atoms with E-state index in [2.05, 4.69) is 29.3 Å². The highest BCUT2D eigenvalue weighted by molar-refractivity contribution is 5.72. The molecule has 0 bridgehead atoms. The number of rotatable bonds is 7. The van der Waals surface area contributed by atoms with Crippen LogP contribution in [-0.2, 0) is 27.4 Å². The van der Waals surface area contributed by atoms with Gasteiger partial charge in [0.25, 0.3) is 0 Å². The summed E-state index contributed by atoms with van der Waals surface area (Å²) < 4.78 is 13.1. The summed E-state index contributed by atoms with van der Waals surface area (Å²) in [4.78, 5) is 13.7. The first-order valence-electron chi connectivity index (χ1n) is 12.1. The smallest absolute Gasteiger partial charge is 0.217 e. The molecule has 2 aromatic rings. The molecule has 2 aliphatic heterocycles. The molecule has 2 fully saturated rings. The fourth-order valence-corrected chi connectivity index (χ4v) is 4.74. The van der Waals surface area contributed by atoms with E-state index in [1.54, 1.807) is 0 Å². The number of nitrogens with zero attached hydrogens (tertiary/aromatic N) is 1. The van der Waals surface area contributed by atoms with Gasteiger partial charge in [-0.25, -0.2) is 0 Å². The largest absolute Gasteiger partial charge is 0.392 e. The molecular weight excluding hydrogens is 416 g/mol. The van der Waals surface area contributed by atoms with E-state index >= 15 is 0 Å². The fraction of sp³-hybridized carbons (Fsp3) is 0.519. The molecule has 0 radical (unpaired) electrons. The average Bonchev–Trinajstić information content (AvgIpc) is 2.85. The quantitative estimate of drug-likeness (QED) is 0.662. The Bertz CT molecular complexity index is 893. The van der Waals surface area contributed by atoms with Crippen LogP contribution < -0.4 is 5.32 Å². The van der Waals surface area contributed by atoms with E-state index < -0.39 is 6.29 Å². The van der Waals surface area contributed by atoms with Crippen molar-refractivity contribution >= 4 is 5.91 Å². The summed E-state index contributed by atoms with van der Waals surface area (Å²) in [6, 6.07) is 16.1. The number of ether oxygens (including phenoxy) is 2. The van der Waals surface area contributed by atoms with E-state index in [1.165, 1.54) is 26.2 Å². The van der Waals surface area contributed by atoms with Gasteiger partial charge in [0.2, 0.25) is 5.91 Å². The van der Waals surface area contributed by atoms with E-state index in [1.807, 2.05) is 36.4 Å². The molecule has 0 unspecified atom stereocenters. The zero-order chi connectivity index (χ0) is 23.2. The van der Waals surface area contributed by atoms with Crippen molar-refractivity contribution < 1.29 is 19.4 Å². The average molecular weight is 453 g/mol. The number of aliphatic hydroxyl groups is 1. The minimum absolute atomic E-state index is 0.0372. The van der Waals surface area contributed by atoms with E-state index in [9.17, 15) is 9.90 Å². The van der Waals surface area contributed by atoms with Gasteiger partial charge < -0.3 is 24.8 Å². The van der Waals surface area contributed by atoms with Crippen LogP contribution in [0.2, 0.25) is 0 Å². The lowest BCUT2D eigenvalue weighted by Gasteiger charge is -2.43. The zero-order valence-corrected chi connectivity index (χ0v) is 19.7. The minimum atomic E-state index is -0.451. The van der Waals surface area contributed by atoms with E-state index in [-0.39, 0.29) is 30.6 Å². The predicted octanol–water partition coefficient (Wildman–Crippen LogP) is 4.09. The van der Waals surface area contributed by atoms with Gasteiger partial charge in [-0.15, -0.1) is 0 Å². The van der Waals surface area contributed by atoms with Crippen molar-refractivity contribution in [1.82, 2.24) is 10.2 Å². The summed E-state index contributed by atoms with van der Waals surface area (Å²) >= 11 is 0. The summed E-state index contributed by atoms with van der Waals surface area (Å²) in [5.74, 6) is 0.157. The third kappa shape index (κ3) is 6.21. The molecule has 4 atom stereocenters. The first-order valence-corrected chi connectivity index (χ1v) is 12.1. The van der Waals surface area contributed by atoms with Crippen molar-refractivity contribution in [3.05, 3.63) is 70.8 Å². The molecule has 2 N–H and O–H groups in total. The van der Waals surface area contributed by atoms with Gasteiger partial charge in [-0.05, 0) is 42.6 Å². The maximum Gasteiger partial charge on any atom is 0.217 e. The van der Waals surface area contributed by atoms with Crippen LogP contribution in [0.4, 0.5) is 0 Å². The molecule has 0 aliphatic carbocycles. The molecule has 0 saturated carbocycles. The van der Waals surface area contributed by atoms with Crippen molar-refractivity contribution in [2.24, 2.45) is 5.92 Å². The second-order valence-corrected chi connectivity index (χ2v) is 9.33. The van der Waals surface area contributed by atoms with Gasteiger partial charge in [0.15, 0.2) is 6.29 Å². The number of likely N-dealkylation sites (tertiary alicyclic amines) is 1. The normalized spacial score (nSPS) is 26.2. The van der Waals surface area contributed by atoms with Gasteiger partial charge in [0, 0.05) is 31.5 Å². The number of carbonyl (C=O) groups excluding carboxylic acids is 1. The zero-order valence-electron chi connectivity index (χ0n) is 19.7. The molecule has 2 aliphatic rings. The van der Waals surface area contributed by atoms with Crippen LogP contribution in [0.1, 0.15) is 67.8 Å². The van der Waals surface area contributed by atoms with Gasteiger partial charge in [-0.3, -0.25) is 4.79 Å². The summed E-state index contributed by atoms with van der Waals surface area (Å²) in [6.45, 7) is 7.46. The maximum absolute atomic E-state index is 11.2. The predicted molar refractivity (Wildman–Crippen MR) is 127 cm³/mol.